The van der Waals surface area contributed by atoms with Crippen LogP contribution in [0.5, 0.6) is 0 Å². The second kappa shape index (κ2) is 5.12. The van der Waals surface area contributed by atoms with Crippen molar-refractivity contribution in [1.82, 2.24) is 9.97 Å². The van der Waals surface area contributed by atoms with Crippen LogP contribution in [0.3, 0.4) is 0 Å². The number of aromatic nitrogens is 2. The molecule has 1 aromatic heterocycles. The van der Waals surface area contributed by atoms with E-state index >= 15 is 0 Å². The van der Waals surface area contributed by atoms with E-state index in [0.29, 0.717) is 5.82 Å². The van der Waals surface area contributed by atoms with Gasteiger partial charge in [0.15, 0.2) is 0 Å². The third kappa shape index (κ3) is 2.69. The largest absolute Gasteiger partial charge is 0.378 e. The molecule has 1 unspecified atom stereocenters. The molecule has 21 heavy (non-hydrogen) atoms. The summed E-state index contributed by atoms with van der Waals surface area (Å²) >= 11 is 0. The van der Waals surface area contributed by atoms with Crippen LogP contribution in [0.2, 0.25) is 0 Å². The Kier molecular flexibility index (Phi) is 3.29. The maximum Gasteiger partial charge on any atom is 0.327 e. The van der Waals surface area contributed by atoms with Crippen LogP contribution in [0.15, 0.2) is 33.9 Å². The van der Waals surface area contributed by atoms with Crippen molar-refractivity contribution in [1.29, 1.82) is 0 Å². The summed E-state index contributed by atoms with van der Waals surface area (Å²) in [5.41, 5.74) is 2.78. The smallest absolute Gasteiger partial charge is 0.327 e. The summed E-state index contributed by atoms with van der Waals surface area (Å²) < 4.78 is 0. The predicted molar refractivity (Wildman–Crippen MR) is 83.1 cm³/mol. The summed E-state index contributed by atoms with van der Waals surface area (Å²) in [5.74, 6) is 0.455. The Hall–Kier alpha value is -2.50. The van der Waals surface area contributed by atoms with Gasteiger partial charge in [0.25, 0.3) is 5.56 Å². The van der Waals surface area contributed by atoms with Crippen LogP contribution in [0.4, 0.5) is 11.5 Å². The lowest BCUT2D eigenvalue weighted by Crippen LogP contribution is -2.23. The van der Waals surface area contributed by atoms with Crippen molar-refractivity contribution in [3.63, 3.8) is 0 Å². The van der Waals surface area contributed by atoms with Gasteiger partial charge >= 0.3 is 5.69 Å². The van der Waals surface area contributed by atoms with E-state index in [1.807, 2.05) is 14.1 Å². The highest BCUT2D eigenvalue weighted by atomic mass is 16.2. The number of benzene rings is 1. The summed E-state index contributed by atoms with van der Waals surface area (Å²) in [5, 5.41) is 3.25. The van der Waals surface area contributed by atoms with E-state index in [4.69, 9.17) is 0 Å². The number of hydrogen-bond donors (Lipinski definition) is 3. The van der Waals surface area contributed by atoms with Crippen molar-refractivity contribution in [3.05, 3.63) is 56.2 Å². The highest BCUT2D eigenvalue weighted by Crippen LogP contribution is 2.35. The van der Waals surface area contributed by atoms with E-state index in [1.165, 1.54) is 17.2 Å². The maximum atomic E-state index is 11.4. The number of aromatic amines is 2. The molecule has 110 valence electrons. The van der Waals surface area contributed by atoms with Gasteiger partial charge in [0.2, 0.25) is 0 Å². The molecule has 1 heterocycles. The van der Waals surface area contributed by atoms with Gasteiger partial charge in [0.1, 0.15) is 5.82 Å². The lowest BCUT2D eigenvalue weighted by Gasteiger charge is -2.18. The van der Waals surface area contributed by atoms with Crippen LogP contribution >= 0.6 is 0 Å². The van der Waals surface area contributed by atoms with Crippen LogP contribution < -0.4 is 21.5 Å². The van der Waals surface area contributed by atoms with Gasteiger partial charge < -0.3 is 10.2 Å². The molecular weight excluding hydrogens is 268 g/mol. The normalized spacial score (nSPS) is 16.6. The number of fused-ring (bicyclic) bond motifs is 1. The molecule has 0 amide bonds. The van der Waals surface area contributed by atoms with Gasteiger partial charge in [-0.15, -0.1) is 0 Å². The number of nitrogens with one attached hydrogen (secondary N) is 3. The quantitative estimate of drug-likeness (QED) is 0.792. The molecule has 6 nitrogen and oxygen atoms in total. The number of H-pyrrole nitrogens is 2. The van der Waals surface area contributed by atoms with Crippen LogP contribution in [-0.4, -0.2) is 24.1 Å². The molecule has 0 saturated heterocycles. The molecule has 2 aromatic rings. The van der Waals surface area contributed by atoms with Gasteiger partial charge in [0.05, 0.1) is 6.04 Å². The maximum absolute atomic E-state index is 11.4. The van der Waals surface area contributed by atoms with Gasteiger partial charge in [-0.2, -0.15) is 0 Å². The monoisotopic (exact) mass is 286 g/mol. The van der Waals surface area contributed by atoms with Crippen molar-refractivity contribution in [2.75, 3.05) is 24.3 Å². The summed E-state index contributed by atoms with van der Waals surface area (Å²) in [7, 11) is 4.01. The zero-order valence-corrected chi connectivity index (χ0v) is 12.1. The van der Waals surface area contributed by atoms with Crippen LogP contribution in [0, 0.1) is 0 Å². The lowest BCUT2D eigenvalue weighted by atomic mass is 10.1. The van der Waals surface area contributed by atoms with E-state index in [9.17, 15) is 9.59 Å². The molecule has 1 aliphatic rings. The predicted octanol–water partition coefficient (Wildman–Crippen LogP) is 1.23. The number of aryl methyl sites for hydroxylation is 1. The Morgan fingerprint density at radius 1 is 1.19 bits per heavy atom. The van der Waals surface area contributed by atoms with Crippen molar-refractivity contribution < 1.29 is 0 Å². The van der Waals surface area contributed by atoms with E-state index in [1.54, 1.807) is 0 Å². The van der Waals surface area contributed by atoms with E-state index in [-0.39, 0.29) is 6.04 Å². The number of rotatable bonds is 3. The first-order valence-corrected chi connectivity index (χ1v) is 6.93. The summed E-state index contributed by atoms with van der Waals surface area (Å²) in [6, 6.07) is 7.89. The average Bonchev–Trinajstić information content (AvgIpc) is 2.80. The van der Waals surface area contributed by atoms with Crippen LogP contribution in [0.25, 0.3) is 0 Å². The van der Waals surface area contributed by atoms with Crippen molar-refractivity contribution in [2.45, 2.75) is 18.9 Å². The van der Waals surface area contributed by atoms with Crippen molar-refractivity contribution >= 4 is 11.5 Å². The van der Waals surface area contributed by atoms with E-state index in [2.05, 4.69) is 38.4 Å². The molecule has 0 aliphatic heterocycles. The minimum atomic E-state index is -0.495. The van der Waals surface area contributed by atoms with Gasteiger partial charge in [-0.25, -0.2) is 4.79 Å². The Labute approximate surface area is 121 Å². The summed E-state index contributed by atoms with van der Waals surface area (Å²) in [4.78, 5) is 29.5. The Bertz CT molecular complexity index is 747. The Morgan fingerprint density at radius 2 is 2.00 bits per heavy atom. The second-order valence-electron chi connectivity index (χ2n) is 5.51. The van der Waals surface area contributed by atoms with Crippen molar-refractivity contribution in [2.24, 2.45) is 0 Å². The second-order valence-corrected chi connectivity index (χ2v) is 5.51. The molecule has 6 heteroatoms. The summed E-state index contributed by atoms with van der Waals surface area (Å²) in [6.07, 6.45) is 1.94. The highest BCUT2D eigenvalue weighted by molar-refractivity contribution is 5.54. The molecular formula is C15H18N4O2. The zero-order valence-electron chi connectivity index (χ0n) is 12.1. The minimum Gasteiger partial charge on any atom is -0.378 e. The van der Waals surface area contributed by atoms with E-state index < -0.39 is 11.2 Å². The first-order valence-electron chi connectivity index (χ1n) is 6.93. The molecule has 0 radical (unpaired) electrons. The molecule has 0 saturated carbocycles. The standard InChI is InChI=1S/C15H18N4O2/c1-19(2)10-5-3-9-4-6-12(11(9)7-10)16-13-8-14(20)18-15(21)17-13/h3,5,7-8,12H,4,6H2,1-2H3,(H3,16,17,18,20,21). The molecule has 1 atom stereocenters. The molecule has 0 fully saturated rings. The number of anilines is 2. The topological polar surface area (TPSA) is 81.0 Å². The van der Waals surface area contributed by atoms with Crippen LogP contribution in [0.1, 0.15) is 23.6 Å². The fourth-order valence-electron chi connectivity index (χ4n) is 2.75. The van der Waals surface area contributed by atoms with Crippen LogP contribution in [-0.2, 0) is 6.42 Å². The average molecular weight is 286 g/mol. The molecule has 0 bridgehead atoms. The van der Waals surface area contributed by atoms with Crippen molar-refractivity contribution in [3.8, 4) is 0 Å². The molecule has 1 aromatic carbocycles. The number of nitrogens with zero attached hydrogens (tertiary/aromatic N) is 1. The zero-order chi connectivity index (χ0) is 15.0. The Morgan fingerprint density at radius 3 is 2.71 bits per heavy atom. The van der Waals surface area contributed by atoms with E-state index in [0.717, 1.165) is 18.5 Å². The third-order valence-electron chi connectivity index (χ3n) is 3.81. The van der Waals surface area contributed by atoms with Gasteiger partial charge in [-0.1, -0.05) is 6.07 Å². The van der Waals surface area contributed by atoms with Gasteiger partial charge in [0, 0.05) is 25.8 Å². The fourth-order valence-corrected chi connectivity index (χ4v) is 2.75. The molecule has 0 spiro atoms. The van der Waals surface area contributed by atoms with Gasteiger partial charge in [-0.05, 0) is 36.1 Å². The molecule has 3 rings (SSSR count). The number of hydrogen-bond acceptors (Lipinski definition) is 4. The lowest BCUT2D eigenvalue weighted by molar-refractivity contribution is 0.754. The first-order chi connectivity index (χ1) is 10.0. The SMILES string of the molecule is CN(C)c1ccc2c(c1)C(Nc1cc(=O)[nH]c(=O)[nH]1)CC2. The minimum absolute atomic E-state index is 0.109. The van der Waals surface area contributed by atoms with Gasteiger partial charge in [-0.3, -0.25) is 14.8 Å². The highest BCUT2D eigenvalue weighted by Gasteiger charge is 2.23. The molecule has 1 aliphatic carbocycles. The first kappa shape index (κ1) is 13.5. The summed E-state index contributed by atoms with van der Waals surface area (Å²) in [6.45, 7) is 0. The fraction of sp³-hybridized carbons (Fsp3) is 0.333. The Balaban J connectivity index is 1.91. The third-order valence-corrected chi connectivity index (χ3v) is 3.81. The molecule has 3 N–H and O–H groups in total.